The molecule has 8 heterocycles. The summed E-state index contributed by atoms with van der Waals surface area (Å²) < 4.78 is 48.9. The second kappa shape index (κ2) is 11.8. The Morgan fingerprint density at radius 2 is 0.917 bits per heavy atom. The monoisotopic (exact) mass is 666 g/mol. The molecule has 0 N–H and O–H groups in total. The van der Waals surface area contributed by atoms with Crippen LogP contribution in [-0.4, -0.2) is 109 Å². The Kier molecular flexibility index (Phi) is 7.82. The van der Waals surface area contributed by atoms with E-state index in [-0.39, 0.29) is 48.8 Å². The summed E-state index contributed by atoms with van der Waals surface area (Å²) in [4.78, 5) is 12.2. The summed E-state index contributed by atoms with van der Waals surface area (Å²) in [7, 11) is 0. The maximum atomic E-state index is 6.34. The molecule has 0 radical (unpaired) electrons. The molecular formula is C36H46N2O10. The van der Waals surface area contributed by atoms with Crippen LogP contribution in [0.25, 0.3) is 0 Å². The van der Waals surface area contributed by atoms with E-state index in [4.69, 9.17) is 47.6 Å². The fourth-order valence-corrected chi connectivity index (χ4v) is 9.22. The first-order valence-corrected chi connectivity index (χ1v) is 17.3. The van der Waals surface area contributed by atoms with Gasteiger partial charge in [0.05, 0.1) is 52.7 Å². The van der Waals surface area contributed by atoms with E-state index in [1.165, 1.54) is 11.1 Å². The van der Waals surface area contributed by atoms with Crippen molar-refractivity contribution >= 4 is 0 Å². The molecule has 0 bridgehead atoms. The van der Waals surface area contributed by atoms with Crippen LogP contribution in [0, 0.1) is 11.8 Å². The predicted octanol–water partition coefficient (Wildman–Crippen LogP) is 3.39. The van der Waals surface area contributed by atoms with Crippen LogP contribution in [0.3, 0.4) is 0 Å². The third kappa shape index (κ3) is 4.95. The summed E-state index contributed by atoms with van der Waals surface area (Å²) in [5.41, 5.74) is 1.48. The fourth-order valence-electron chi connectivity index (χ4n) is 9.22. The molecule has 0 aromatic heterocycles. The molecule has 8 saturated heterocycles. The van der Waals surface area contributed by atoms with Gasteiger partial charge in [0, 0.05) is 11.8 Å². The third-order valence-electron chi connectivity index (χ3n) is 11.1. The van der Waals surface area contributed by atoms with Gasteiger partial charge in [-0.05, 0) is 38.8 Å². The topological polar surface area (TPSA) is 98.8 Å². The van der Waals surface area contributed by atoms with Gasteiger partial charge in [-0.1, -0.05) is 60.7 Å². The zero-order valence-corrected chi connectivity index (χ0v) is 28.0. The van der Waals surface area contributed by atoms with Gasteiger partial charge in [-0.15, -0.1) is 0 Å². The summed E-state index contributed by atoms with van der Waals surface area (Å²) in [5, 5.41) is 4.07. The van der Waals surface area contributed by atoms with Gasteiger partial charge in [-0.25, -0.2) is 0 Å². The van der Waals surface area contributed by atoms with Crippen molar-refractivity contribution in [2.24, 2.45) is 11.8 Å². The Hall–Kier alpha value is -2.04. The van der Waals surface area contributed by atoms with Crippen LogP contribution in [-0.2, 0) is 60.7 Å². The van der Waals surface area contributed by atoms with Crippen molar-refractivity contribution < 1.29 is 47.6 Å². The molecule has 0 unspecified atom stereocenters. The van der Waals surface area contributed by atoms with Gasteiger partial charge in [0.1, 0.15) is 35.5 Å². The van der Waals surface area contributed by atoms with Crippen LogP contribution in [0.1, 0.15) is 38.8 Å². The van der Waals surface area contributed by atoms with E-state index in [2.05, 4.69) is 24.3 Å². The van der Waals surface area contributed by atoms with Gasteiger partial charge >= 0.3 is 0 Å². The first-order chi connectivity index (χ1) is 23.2. The molecule has 8 aliphatic rings. The SMILES string of the molecule is CC1(C)O[C@H]2CO[C@@H]3OC[C@H]4CON(Cc5ccccc5)[C@]43[C@H]2O1.CC1(C)O[C@H]2CO[C@@H]3OC[C@H]4CON(Cc5ccccc5)[C@]43[C@H]2O1. The zero-order valence-electron chi connectivity index (χ0n) is 28.0. The lowest BCUT2D eigenvalue weighted by molar-refractivity contribution is -0.296. The summed E-state index contributed by atoms with van der Waals surface area (Å²) in [5.74, 6) is -0.791. The molecule has 0 saturated carbocycles. The van der Waals surface area contributed by atoms with E-state index in [0.29, 0.717) is 52.7 Å². The van der Waals surface area contributed by atoms with Crippen LogP contribution in [0.2, 0.25) is 0 Å². The molecule has 2 aromatic rings. The molecule has 0 aliphatic carbocycles. The molecule has 8 fully saturated rings. The van der Waals surface area contributed by atoms with Gasteiger partial charge in [-0.2, -0.15) is 10.1 Å². The van der Waals surface area contributed by atoms with Crippen molar-refractivity contribution in [2.75, 3.05) is 39.6 Å². The van der Waals surface area contributed by atoms with E-state index >= 15 is 0 Å². The van der Waals surface area contributed by atoms with E-state index in [0.717, 1.165) is 0 Å². The molecule has 2 aromatic carbocycles. The second-order valence-corrected chi connectivity index (χ2v) is 15.0. The van der Waals surface area contributed by atoms with Crippen LogP contribution in [0.15, 0.2) is 60.7 Å². The largest absolute Gasteiger partial charge is 0.350 e. The van der Waals surface area contributed by atoms with Gasteiger partial charge in [0.2, 0.25) is 0 Å². The third-order valence-corrected chi connectivity index (χ3v) is 11.1. The van der Waals surface area contributed by atoms with E-state index in [1.807, 2.05) is 74.2 Å². The molecular weight excluding hydrogens is 620 g/mol. The summed E-state index contributed by atoms with van der Waals surface area (Å²) in [6.45, 7) is 12.7. The Balaban J connectivity index is 0.000000131. The lowest BCUT2D eigenvalue weighted by Crippen LogP contribution is -2.67. The number of hydrogen-bond acceptors (Lipinski definition) is 12. The molecule has 10 atom stereocenters. The number of fused-ring (bicyclic) bond motifs is 2. The molecule has 8 aliphatic heterocycles. The number of benzene rings is 2. The van der Waals surface area contributed by atoms with Gasteiger partial charge < -0.3 is 37.9 Å². The average molecular weight is 667 g/mol. The Bertz CT molecular complexity index is 1360. The van der Waals surface area contributed by atoms with Crippen molar-refractivity contribution in [3.05, 3.63) is 71.8 Å². The lowest BCUT2D eigenvalue weighted by Gasteiger charge is -2.47. The Labute approximate surface area is 281 Å². The van der Waals surface area contributed by atoms with Crippen molar-refractivity contribution in [1.29, 1.82) is 0 Å². The number of rotatable bonds is 4. The van der Waals surface area contributed by atoms with E-state index in [9.17, 15) is 0 Å². The van der Waals surface area contributed by atoms with Crippen molar-refractivity contribution in [1.82, 2.24) is 10.1 Å². The Morgan fingerprint density at radius 3 is 1.33 bits per heavy atom. The normalized spacial score (nSPS) is 43.4. The molecule has 0 amide bonds. The van der Waals surface area contributed by atoms with Gasteiger partial charge in [0.15, 0.2) is 24.2 Å². The highest BCUT2D eigenvalue weighted by atomic mass is 16.8. The smallest absolute Gasteiger partial charge is 0.181 e. The van der Waals surface area contributed by atoms with Crippen molar-refractivity contribution in [3.8, 4) is 0 Å². The zero-order chi connectivity index (χ0) is 32.7. The van der Waals surface area contributed by atoms with Gasteiger partial charge in [-0.3, -0.25) is 9.68 Å². The minimum atomic E-state index is -0.615. The van der Waals surface area contributed by atoms with Crippen LogP contribution in [0.5, 0.6) is 0 Å². The van der Waals surface area contributed by atoms with Crippen molar-refractivity contribution in [2.45, 2.75) is 100 Å². The van der Waals surface area contributed by atoms with Crippen LogP contribution in [0.4, 0.5) is 0 Å². The first-order valence-electron chi connectivity index (χ1n) is 17.3. The first kappa shape index (κ1) is 31.9. The molecule has 260 valence electrons. The highest BCUT2D eigenvalue weighted by molar-refractivity contribution is 5.21. The highest BCUT2D eigenvalue weighted by Gasteiger charge is 2.73. The lowest BCUT2D eigenvalue weighted by atomic mass is 9.77. The molecule has 12 heteroatoms. The Morgan fingerprint density at radius 1 is 0.521 bits per heavy atom. The van der Waals surface area contributed by atoms with Crippen LogP contribution < -0.4 is 0 Å². The number of hydrogen-bond donors (Lipinski definition) is 0. The average Bonchev–Trinajstić information content (AvgIpc) is 3.89. The quantitative estimate of drug-likeness (QED) is 0.479. The predicted molar refractivity (Wildman–Crippen MR) is 167 cm³/mol. The maximum Gasteiger partial charge on any atom is 0.181 e. The molecule has 12 nitrogen and oxygen atoms in total. The van der Waals surface area contributed by atoms with Crippen molar-refractivity contribution in [3.63, 3.8) is 0 Å². The summed E-state index contributed by atoms with van der Waals surface area (Å²) in [6, 6.07) is 20.6. The maximum absolute atomic E-state index is 6.34. The molecule has 10 rings (SSSR count). The fraction of sp³-hybridized carbons (Fsp3) is 0.667. The summed E-state index contributed by atoms with van der Waals surface area (Å²) >= 11 is 0. The number of hydroxylamine groups is 4. The number of ether oxygens (including phenoxy) is 8. The van der Waals surface area contributed by atoms with E-state index < -0.39 is 22.7 Å². The van der Waals surface area contributed by atoms with Crippen LogP contribution >= 0.6 is 0 Å². The second-order valence-electron chi connectivity index (χ2n) is 15.0. The minimum Gasteiger partial charge on any atom is -0.350 e. The summed E-state index contributed by atoms with van der Waals surface area (Å²) in [6.07, 6.45) is -1.12. The minimum absolute atomic E-state index is 0.0968. The number of nitrogens with zero attached hydrogens (tertiary/aromatic N) is 2. The molecule has 48 heavy (non-hydrogen) atoms. The molecule has 2 spiro atoms. The van der Waals surface area contributed by atoms with Gasteiger partial charge in [0.25, 0.3) is 0 Å². The van der Waals surface area contributed by atoms with E-state index in [1.54, 1.807) is 0 Å². The standard InChI is InChI=1S/2C18H23NO5/c2*1-17(2)23-14-11-21-16-18(15(14)24-17)13(9-20-16)10-22-19(18)8-12-6-4-3-5-7-12/h2*3-7,13-16H,8-11H2,1-2H3/t2*13-,14-,15-,16-,18-/m00/s1. The highest BCUT2D eigenvalue weighted by Crippen LogP contribution is 2.55.